The summed E-state index contributed by atoms with van der Waals surface area (Å²) in [4.78, 5) is 0. The van der Waals surface area contributed by atoms with Gasteiger partial charge in [-0.05, 0) is 31.5 Å². The highest BCUT2D eigenvalue weighted by molar-refractivity contribution is 5.33. The number of hydrogen-bond donors (Lipinski definition) is 1. The molecular formula is C14H16F3N3. The molecule has 0 bridgehead atoms. The predicted molar refractivity (Wildman–Crippen MR) is 70.3 cm³/mol. The Bertz CT molecular complexity index is 558. The molecule has 0 spiro atoms. The van der Waals surface area contributed by atoms with E-state index in [0.29, 0.717) is 0 Å². The summed E-state index contributed by atoms with van der Waals surface area (Å²) >= 11 is 0. The van der Waals surface area contributed by atoms with Gasteiger partial charge in [0.2, 0.25) is 0 Å². The number of rotatable bonds is 6. The van der Waals surface area contributed by atoms with Crippen LogP contribution < -0.4 is 5.32 Å². The minimum Gasteiger partial charge on any atom is -0.317 e. The zero-order valence-corrected chi connectivity index (χ0v) is 11.2. The Labute approximate surface area is 115 Å². The van der Waals surface area contributed by atoms with Crippen LogP contribution in [0.5, 0.6) is 0 Å². The lowest BCUT2D eigenvalue weighted by Gasteiger charge is -2.03. The molecule has 0 saturated heterocycles. The number of nitrogens with one attached hydrogen (secondary N) is 1. The number of halogens is 3. The summed E-state index contributed by atoms with van der Waals surface area (Å²) in [5.74, 6) is -3.90. The molecule has 0 aliphatic rings. The summed E-state index contributed by atoms with van der Waals surface area (Å²) in [6.45, 7) is 3.87. The lowest BCUT2D eigenvalue weighted by atomic mass is 10.2. The molecule has 2 rings (SSSR count). The van der Waals surface area contributed by atoms with Crippen molar-refractivity contribution in [3.8, 4) is 5.69 Å². The third-order valence-electron chi connectivity index (χ3n) is 2.94. The molecule has 0 amide bonds. The number of hydrogen-bond acceptors (Lipinski definition) is 2. The van der Waals surface area contributed by atoms with Gasteiger partial charge in [-0.3, -0.25) is 0 Å². The molecule has 108 valence electrons. The molecule has 0 radical (unpaired) electrons. The minimum atomic E-state index is -1.47. The molecule has 0 unspecified atom stereocenters. The van der Waals surface area contributed by atoms with Crippen LogP contribution in [0.1, 0.15) is 18.9 Å². The lowest BCUT2D eigenvalue weighted by Crippen LogP contribution is -2.14. The average molecular weight is 283 g/mol. The first-order chi connectivity index (χ1) is 9.61. The van der Waals surface area contributed by atoms with Gasteiger partial charge in [0.1, 0.15) is 0 Å². The van der Waals surface area contributed by atoms with Crippen LogP contribution >= 0.6 is 0 Å². The van der Waals surface area contributed by atoms with E-state index in [1.807, 2.05) is 6.92 Å². The van der Waals surface area contributed by atoms with Gasteiger partial charge in [0.25, 0.3) is 0 Å². The van der Waals surface area contributed by atoms with Crippen LogP contribution in [-0.4, -0.2) is 22.9 Å². The maximum absolute atomic E-state index is 13.2. The molecule has 2 aromatic rings. The van der Waals surface area contributed by atoms with Gasteiger partial charge in [-0.2, -0.15) is 5.10 Å². The van der Waals surface area contributed by atoms with E-state index >= 15 is 0 Å². The average Bonchev–Trinajstić information content (AvgIpc) is 2.89. The summed E-state index contributed by atoms with van der Waals surface area (Å²) in [6.07, 6.45) is 5.11. The zero-order valence-electron chi connectivity index (χ0n) is 11.2. The highest BCUT2D eigenvalue weighted by Crippen LogP contribution is 2.17. The Morgan fingerprint density at radius 1 is 1.20 bits per heavy atom. The molecule has 20 heavy (non-hydrogen) atoms. The topological polar surface area (TPSA) is 29.9 Å². The molecule has 3 nitrogen and oxygen atoms in total. The van der Waals surface area contributed by atoms with Crippen LogP contribution in [-0.2, 0) is 6.42 Å². The van der Waals surface area contributed by atoms with Crippen LogP contribution in [0, 0.1) is 17.5 Å². The van der Waals surface area contributed by atoms with Gasteiger partial charge in [0, 0.05) is 18.3 Å². The van der Waals surface area contributed by atoms with Crippen molar-refractivity contribution in [2.45, 2.75) is 19.8 Å². The molecule has 1 aromatic carbocycles. The Balaban J connectivity index is 2.08. The van der Waals surface area contributed by atoms with Crippen molar-refractivity contribution in [3.63, 3.8) is 0 Å². The maximum Gasteiger partial charge on any atom is 0.194 e. The molecule has 0 aliphatic heterocycles. The highest BCUT2D eigenvalue weighted by atomic mass is 19.2. The summed E-state index contributed by atoms with van der Waals surface area (Å²) in [5, 5.41) is 7.25. The third-order valence-corrected chi connectivity index (χ3v) is 2.94. The summed E-state index contributed by atoms with van der Waals surface area (Å²) in [5.41, 5.74) is 1.13. The maximum atomic E-state index is 13.2. The van der Waals surface area contributed by atoms with Crippen molar-refractivity contribution >= 4 is 0 Å². The first kappa shape index (κ1) is 14.6. The van der Waals surface area contributed by atoms with Crippen molar-refractivity contribution < 1.29 is 13.2 Å². The fourth-order valence-electron chi connectivity index (χ4n) is 1.90. The number of aromatic nitrogens is 2. The van der Waals surface area contributed by atoms with Crippen molar-refractivity contribution in [1.82, 2.24) is 15.1 Å². The first-order valence-corrected chi connectivity index (χ1v) is 6.51. The molecule has 0 atom stereocenters. The Morgan fingerprint density at radius 3 is 2.55 bits per heavy atom. The second kappa shape index (κ2) is 6.56. The number of nitrogens with zero attached hydrogens (tertiary/aromatic N) is 2. The van der Waals surface area contributed by atoms with Crippen LogP contribution in [0.3, 0.4) is 0 Å². The van der Waals surface area contributed by atoms with Crippen LogP contribution in [0.25, 0.3) is 5.69 Å². The largest absolute Gasteiger partial charge is 0.317 e. The minimum absolute atomic E-state index is 0.166. The lowest BCUT2D eigenvalue weighted by molar-refractivity contribution is 0.446. The van der Waals surface area contributed by atoms with Crippen LogP contribution in [0.15, 0.2) is 24.5 Å². The fourth-order valence-corrected chi connectivity index (χ4v) is 1.90. The van der Waals surface area contributed by atoms with E-state index in [4.69, 9.17) is 0 Å². The highest BCUT2D eigenvalue weighted by Gasteiger charge is 2.12. The molecular weight excluding hydrogens is 267 g/mol. The fraction of sp³-hybridized carbons (Fsp3) is 0.357. The predicted octanol–water partition coefficient (Wildman–Crippen LogP) is 2.83. The summed E-state index contributed by atoms with van der Waals surface area (Å²) in [6, 6.07) is 1.85. The van der Waals surface area contributed by atoms with Gasteiger partial charge >= 0.3 is 0 Å². The second-order valence-corrected chi connectivity index (χ2v) is 4.47. The van der Waals surface area contributed by atoms with E-state index in [1.54, 1.807) is 12.4 Å². The van der Waals surface area contributed by atoms with Gasteiger partial charge in [-0.1, -0.05) is 6.92 Å². The normalized spacial score (nSPS) is 11.0. The smallest absolute Gasteiger partial charge is 0.194 e. The van der Waals surface area contributed by atoms with E-state index in [-0.39, 0.29) is 5.69 Å². The van der Waals surface area contributed by atoms with E-state index in [2.05, 4.69) is 10.4 Å². The Kier molecular flexibility index (Phi) is 4.79. The molecule has 6 heteroatoms. The van der Waals surface area contributed by atoms with E-state index < -0.39 is 17.5 Å². The van der Waals surface area contributed by atoms with Gasteiger partial charge in [0.05, 0.1) is 11.9 Å². The molecule has 0 saturated carbocycles. The number of benzene rings is 1. The van der Waals surface area contributed by atoms with Crippen LogP contribution in [0.4, 0.5) is 13.2 Å². The summed E-state index contributed by atoms with van der Waals surface area (Å²) < 4.78 is 40.5. The number of aryl methyl sites for hydroxylation is 1. The van der Waals surface area contributed by atoms with Crippen molar-refractivity contribution in [2.24, 2.45) is 0 Å². The molecule has 1 aromatic heterocycles. The quantitative estimate of drug-likeness (QED) is 0.652. The SMILES string of the molecule is CCNCCCc1cnn(-c2cc(F)c(F)c(F)c2)c1. The van der Waals surface area contributed by atoms with Crippen molar-refractivity contribution in [3.05, 3.63) is 47.5 Å². The van der Waals surface area contributed by atoms with Gasteiger partial charge in [-0.15, -0.1) is 0 Å². The monoisotopic (exact) mass is 283 g/mol. The van der Waals surface area contributed by atoms with E-state index in [1.165, 1.54) is 4.68 Å². The standard InChI is InChI=1S/C14H16F3N3/c1-2-18-5-3-4-10-8-19-20(9-10)11-6-12(15)14(17)13(16)7-11/h6-9,18H,2-5H2,1H3. The Morgan fingerprint density at radius 2 is 1.90 bits per heavy atom. The van der Waals surface area contributed by atoms with Gasteiger partial charge in [-0.25, -0.2) is 17.9 Å². The molecule has 0 fully saturated rings. The van der Waals surface area contributed by atoms with Gasteiger partial charge in [0.15, 0.2) is 17.5 Å². The third kappa shape index (κ3) is 3.39. The molecule has 0 aliphatic carbocycles. The van der Waals surface area contributed by atoms with E-state index in [0.717, 1.165) is 43.6 Å². The van der Waals surface area contributed by atoms with Crippen molar-refractivity contribution in [2.75, 3.05) is 13.1 Å². The zero-order chi connectivity index (χ0) is 14.5. The second-order valence-electron chi connectivity index (χ2n) is 4.47. The first-order valence-electron chi connectivity index (χ1n) is 6.51. The van der Waals surface area contributed by atoms with Crippen LogP contribution in [0.2, 0.25) is 0 Å². The summed E-state index contributed by atoms with van der Waals surface area (Å²) in [7, 11) is 0. The molecule has 1 N–H and O–H groups in total. The molecule has 1 heterocycles. The van der Waals surface area contributed by atoms with E-state index in [9.17, 15) is 13.2 Å². The Hall–Kier alpha value is -1.82. The van der Waals surface area contributed by atoms with Gasteiger partial charge < -0.3 is 5.32 Å². The van der Waals surface area contributed by atoms with Crippen molar-refractivity contribution in [1.29, 1.82) is 0 Å².